The van der Waals surface area contributed by atoms with Gasteiger partial charge < -0.3 is 5.32 Å². The highest BCUT2D eigenvalue weighted by atomic mass is 15.3. The summed E-state index contributed by atoms with van der Waals surface area (Å²) in [5, 5.41) is 4.02. The van der Waals surface area contributed by atoms with Gasteiger partial charge in [-0.05, 0) is 38.5 Å². The van der Waals surface area contributed by atoms with Crippen molar-refractivity contribution in [2.45, 2.75) is 95.2 Å². The molecule has 3 aliphatic rings. The fourth-order valence-corrected chi connectivity index (χ4v) is 5.13. The van der Waals surface area contributed by atoms with Gasteiger partial charge in [-0.2, -0.15) is 0 Å². The van der Waals surface area contributed by atoms with Crippen LogP contribution >= 0.6 is 0 Å². The van der Waals surface area contributed by atoms with Crippen molar-refractivity contribution in [2.24, 2.45) is 0 Å². The molecule has 0 aromatic carbocycles. The van der Waals surface area contributed by atoms with Crippen molar-refractivity contribution in [3.63, 3.8) is 0 Å². The van der Waals surface area contributed by atoms with Crippen LogP contribution in [-0.2, 0) is 0 Å². The molecule has 19 heavy (non-hydrogen) atoms. The third kappa shape index (κ3) is 2.35. The normalized spacial score (nSPS) is 29.8. The molecule has 1 N–H and O–H groups in total. The van der Waals surface area contributed by atoms with E-state index in [1.165, 1.54) is 77.3 Å². The van der Waals surface area contributed by atoms with Crippen LogP contribution in [0.25, 0.3) is 0 Å². The molecule has 0 aromatic heterocycles. The zero-order valence-corrected chi connectivity index (χ0v) is 13.0. The van der Waals surface area contributed by atoms with Gasteiger partial charge in [0.1, 0.15) is 0 Å². The van der Waals surface area contributed by atoms with E-state index in [-0.39, 0.29) is 0 Å². The highest BCUT2D eigenvalue weighted by Crippen LogP contribution is 2.44. The average Bonchev–Trinajstić information content (AvgIpc) is 3.06. The van der Waals surface area contributed by atoms with Crippen LogP contribution < -0.4 is 5.32 Å². The van der Waals surface area contributed by atoms with Gasteiger partial charge in [-0.1, -0.05) is 39.5 Å². The van der Waals surface area contributed by atoms with E-state index in [0.29, 0.717) is 11.1 Å². The first-order chi connectivity index (χ1) is 9.24. The van der Waals surface area contributed by atoms with E-state index < -0.39 is 0 Å². The Hall–Kier alpha value is -0.0800. The molecule has 0 unspecified atom stereocenters. The van der Waals surface area contributed by atoms with Gasteiger partial charge >= 0.3 is 0 Å². The molecule has 3 fully saturated rings. The van der Waals surface area contributed by atoms with E-state index in [4.69, 9.17) is 0 Å². The summed E-state index contributed by atoms with van der Waals surface area (Å²) in [7, 11) is 0. The summed E-state index contributed by atoms with van der Waals surface area (Å²) in [6.07, 6.45) is 14.1. The molecule has 2 spiro atoms. The molecule has 0 atom stereocenters. The standard InChI is InChI=1S/C17H32N2/c1-3-15(4-2)19-14-16(9-5-6-10-16)18-13-17(19)11-7-8-12-17/h15,18H,3-14H2,1-2H3. The summed E-state index contributed by atoms with van der Waals surface area (Å²) >= 11 is 0. The molecular weight excluding hydrogens is 232 g/mol. The Labute approximate surface area is 119 Å². The monoisotopic (exact) mass is 264 g/mol. The smallest absolute Gasteiger partial charge is 0.0337 e. The van der Waals surface area contributed by atoms with Crippen molar-refractivity contribution >= 4 is 0 Å². The van der Waals surface area contributed by atoms with Crippen molar-refractivity contribution in [3.8, 4) is 0 Å². The lowest BCUT2D eigenvalue weighted by molar-refractivity contribution is -0.0256. The molecule has 2 heteroatoms. The largest absolute Gasteiger partial charge is 0.308 e. The first-order valence-corrected chi connectivity index (χ1v) is 8.75. The third-order valence-electron chi connectivity index (χ3n) is 6.35. The lowest BCUT2D eigenvalue weighted by Crippen LogP contribution is -2.70. The number of hydrogen-bond donors (Lipinski definition) is 1. The summed E-state index contributed by atoms with van der Waals surface area (Å²) in [6, 6.07) is 0.817. The topological polar surface area (TPSA) is 15.3 Å². The average molecular weight is 264 g/mol. The fourth-order valence-electron chi connectivity index (χ4n) is 5.13. The minimum Gasteiger partial charge on any atom is -0.308 e. The number of nitrogens with zero attached hydrogens (tertiary/aromatic N) is 1. The second-order valence-corrected chi connectivity index (χ2v) is 7.37. The van der Waals surface area contributed by atoms with Crippen molar-refractivity contribution in [2.75, 3.05) is 13.1 Å². The molecule has 2 nitrogen and oxygen atoms in total. The highest BCUT2D eigenvalue weighted by molar-refractivity contribution is 5.09. The van der Waals surface area contributed by atoms with Crippen LogP contribution in [0.4, 0.5) is 0 Å². The number of hydrogen-bond acceptors (Lipinski definition) is 2. The molecule has 1 saturated heterocycles. The Morgan fingerprint density at radius 1 is 0.947 bits per heavy atom. The van der Waals surface area contributed by atoms with Gasteiger partial charge in [0.15, 0.2) is 0 Å². The number of rotatable bonds is 3. The van der Waals surface area contributed by atoms with Crippen molar-refractivity contribution < 1.29 is 0 Å². The Balaban J connectivity index is 1.82. The summed E-state index contributed by atoms with van der Waals surface area (Å²) in [5.41, 5.74) is 1.00. The Morgan fingerprint density at radius 2 is 1.53 bits per heavy atom. The van der Waals surface area contributed by atoms with Crippen molar-refractivity contribution in [3.05, 3.63) is 0 Å². The summed E-state index contributed by atoms with van der Waals surface area (Å²) in [4.78, 5) is 2.97. The van der Waals surface area contributed by atoms with E-state index in [0.717, 1.165) is 6.04 Å². The van der Waals surface area contributed by atoms with E-state index in [2.05, 4.69) is 24.1 Å². The minimum atomic E-state index is 0.483. The summed E-state index contributed by atoms with van der Waals surface area (Å²) in [5.74, 6) is 0. The predicted octanol–water partition coefficient (Wildman–Crippen LogP) is 3.71. The van der Waals surface area contributed by atoms with Crippen LogP contribution in [-0.4, -0.2) is 35.1 Å². The molecule has 0 aromatic rings. The van der Waals surface area contributed by atoms with Gasteiger partial charge in [-0.3, -0.25) is 4.90 Å². The quantitative estimate of drug-likeness (QED) is 0.836. The second kappa shape index (κ2) is 5.37. The molecule has 0 amide bonds. The molecule has 1 heterocycles. The Kier molecular flexibility index (Phi) is 3.92. The summed E-state index contributed by atoms with van der Waals surface area (Å²) < 4.78 is 0. The lowest BCUT2D eigenvalue weighted by Gasteiger charge is -2.55. The molecule has 3 rings (SSSR count). The molecule has 2 saturated carbocycles. The third-order valence-corrected chi connectivity index (χ3v) is 6.35. The first-order valence-electron chi connectivity index (χ1n) is 8.75. The second-order valence-electron chi connectivity index (χ2n) is 7.37. The van der Waals surface area contributed by atoms with E-state index >= 15 is 0 Å². The molecule has 0 radical (unpaired) electrons. The van der Waals surface area contributed by atoms with Crippen molar-refractivity contribution in [1.82, 2.24) is 10.2 Å². The van der Waals surface area contributed by atoms with Crippen LogP contribution in [0.3, 0.4) is 0 Å². The minimum absolute atomic E-state index is 0.483. The maximum atomic E-state index is 4.02. The molecule has 1 aliphatic heterocycles. The Morgan fingerprint density at radius 3 is 2.11 bits per heavy atom. The zero-order valence-electron chi connectivity index (χ0n) is 13.0. The molecule has 2 aliphatic carbocycles. The van der Waals surface area contributed by atoms with Gasteiger partial charge in [0, 0.05) is 30.2 Å². The van der Waals surface area contributed by atoms with Gasteiger partial charge in [-0.15, -0.1) is 0 Å². The Bertz CT molecular complexity index is 296. The van der Waals surface area contributed by atoms with E-state index in [9.17, 15) is 0 Å². The van der Waals surface area contributed by atoms with Gasteiger partial charge in [-0.25, -0.2) is 0 Å². The molecule has 0 bridgehead atoms. The van der Waals surface area contributed by atoms with Gasteiger partial charge in [0.25, 0.3) is 0 Å². The number of piperazine rings is 1. The molecular formula is C17H32N2. The molecule has 110 valence electrons. The van der Waals surface area contributed by atoms with E-state index in [1.807, 2.05) is 0 Å². The predicted molar refractivity (Wildman–Crippen MR) is 81.5 cm³/mol. The lowest BCUT2D eigenvalue weighted by atomic mass is 9.82. The number of nitrogens with one attached hydrogen (secondary N) is 1. The van der Waals surface area contributed by atoms with Crippen LogP contribution in [0.1, 0.15) is 78.1 Å². The van der Waals surface area contributed by atoms with Crippen LogP contribution in [0.15, 0.2) is 0 Å². The van der Waals surface area contributed by atoms with E-state index in [1.54, 1.807) is 0 Å². The van der Waals surface area contributed by atoms with Crippen LogP contribution in [0.5, 0.6) is 0 Å². The maximum absolute atomic E-state index is 4.02. The maximum Gasteiger partial charge on any atom is 0.0337 e. The van der Waals surface area contributed by atoms with Crippen molar-refractivity contribution in [1.29, 1.82) is 0 Å². The summed E-state index contributed by atoms with van der Waals surface area (Å²) in [6.45, 7) is 7.38. The first kappa shape index (κ1) is 13.9. The van der Waals surface area contributed by atoms with Gasteiger partial charge in [0.05, 0.1) is 0 Å². The zero-order chi connectivity index (χ0) is 13.3. The fraction of sp³-hybridized carbons (Fsp3) is 1.00. The van der Waals surface area contributed by atoms with Gasteiger partial charge in [0.2, 0.25) is 0 Å². The van der Waals surface area contributed by atoms with Crippen LogP contribution in [0, 0.1) is 0 Å². The SMILES string of the molecule is CCC(CC)N1CC2(CCCC2)NCC12CCCC2. The van der Waals surface area contributed by atoms with Crippen LogP contribution in [0.2, 0.25) is 0 Å². The highest BCUT2D eigenvalue weighted by Gasteiger charge is 2.50.